The van der Waals surface area contributed by atoms with Crippen LogP contribution in [0.3, 0.4) is 0 Å². The maximum atomic E-state index is 12.0. The Balaban J connectivity index is 1.63. The van der Waals surface area contributed by atoms with E-state index in [4.69, 9.17) is 0 Å². The number of hydrogen-bond acceptors (Lipinski definition) is 3. The normalized spacial score (nSPS) is 15.2. The Hall–Kier alpha value is -1.36. The zero-order valence-electron chi connectivity index (χ0n) is 11.9. The molecule has 1 aromatic heterocycles. The lowest BCUT2D eigenvalue weighted by Gasteiger charge is -2.24. The van der Waals surface area contributed by atoms with Gasteiger partial charge >= 0.3 is 0 Å². The predicted molar refractivity (Wildman–Crippen MR) is 80.9 cm³/mol. The van der Waals surface area contributed by atoms with Crippen LogP contribution >= 0.6 is 11.3 Å². The number of carbonyl (C=O) groups excluding carboxylic acids is 2. The second kappa shape index (κ2) is 7.43. The fourth-order valence-electron chi connectivity index (χ4n) is 2.61. The highest BCUT2D eigenvalue weighted by Crippen LogP contribution is 2.22. The first-order valence-electron chi connectivity index (χ1n) is 7.26. The first kappa shape index (κ1) is 15.0. The molecular formula is C15H22N2O2S. The first-order valence-corrected chi connectivity index (χ1v) is 8.14. The fourth-order valence-corrected chi connectivity index (χ4v) is 3.25. The minimum atomic E-state index is -0.0448. The third-order valence-electron chi connectivity index (χ3n) is 3.86. The molecule has 1 aromatic rings. The van der Waals surface area contributed by atoms with Crippen LogP contribution in [0.5, 0.6) is 0 Å². The molecule has 1 aliphatic carbocycles. The van der Waals surface area contributed by atoms with Gasteiger partial charge in [0, 0.05) is 26.1 Å². The van der Waals surface area contributed by atoms with Crippen LogP contribution < -0.4 is 5.32 Å². The number of nitrogens with one attached hydrogen (secondary N) is 1. The highest BCUT2D eigenvalue weighted by molar-refractivity contribution is 7.12. The summed E-state index contributed by atoms with van der Waals surface area (Å²) < 4.78 is 0. The van der Waals surface area contributed by atoms with Crippen LogP contribution in [0.2, 0.25) is 0 Å². The highest BCUT2D eigenvalue weighted by atomic mass is 32.1. The first-order chi connectivity index (χ1) is 9.68. The second-order valence-electron chi connectivity index (χ2n) is 5.28. The molecule has 0 spiro atoms. The topological polar surface area (TPSA) is 49.4 Å². The summed E-state index contributed by atoms with van der Waals surface area (Å²) >= 11 is 1.43. The second-order valence-corrected chi connectivity index (χ2v) is 6.23. The summed E-state index contributed by atoms with van der Waals surface area (Å²) in [6, 6.07) is 4.10. The molecule has 0 bridgehead atoms. The number of hydrogen-bond donors (Lipinski definition) is 1. The van der Waals surface area contributed by atoms with Crippen molar-refractivity contribution in [3.8, 4) is 0 Å². The molecule has 0 unspecified atom stereocenters. The molecule has 20 heavy (non-hydrogen) atoms. The molecule has 5 heteroatoms. The van der Waals surface area contributed by atoms with Gasteiger partial charge in [0.25, 0.3) is 5.91 Å². The number of carbonyl (C=O) groups is 2. The standard InChI is InChI=1S/C15H22N2O2S/c1-17(12-6-2-3-7-12)14(18)9-4-10-16-15(19)13-8-5-11-20-13/h5,8,11-12H,2-4,6-7,9-10H2,1H3,(H,16,19). The van der Waals surface area contributed by atoms with Crippen LogP contribution in [0.1, 0.15) is 48.2 Å². The van der Waals surface area contributed by atoms with E-state index in [2.05, 4.69) is 5.32 Å². The molecule has 0 atom stereocenters. The van der Waals surface area contributed by atoms with E-state index >= 15 is 0 Å². The molecule has 0 radical (unpaired) electrons. The molecule has 1 N–H and O–H groups in total. The summed E-state index contributed by atoms with van der Waals surface area (Å²) in [5.41, 5.74) is 0. The molecule has 1 fully saturated rings. The van der Waals surface area contributed by atoms with Gasteiger partial charge in [-0.1, -0.05) is 18.9 Å². The maximum absolute atomic E-state index is 12.0. The molecule has 2 rings (SSSR count). The van der Waals surface area contributed by atoms with Gasteiger partial charge in [-0.3, -0.25) is 9.59 Å². The van der Waals surface area contributed by atoms with E-state index in [9.17, 15) is 9.59 Å². The number of rotatable bonds is 6. The van der Waals surface area contributed by atoms with Crippen molar-refractivity contribution in [1.29, 1.82) is 0 Å². The summed E-state index contributed by atoms with van der Waals surface area (Å²) in [5, 5.41) is 4.73. The molecule has 2 amide bonds. The molecule has 1 aliphatic rings. The van der Waals surface area contributed by atoms with Gasteiger partial charge in [0.05, 0.1) is 4.88 Å². The van der Waals surface area contributed by atoms with Crippen LogP contribution in [0, 0.1) is 0 Å². The lowest BCUT2D eigenvalue weighted by atomic mass is 10.2. The number of nitrogens with zero attached hydrogens (tertiary/aromatic N) is 1. The van der Waals surface area contributed by atoms with Gasteiger partial charge in [0.1, 0.15) is 0 Å². The Morgan fingerprint density at radius 2 is 2.15 bits per heavy atom. The van der Waals surface area contributed by atoms with E-state index in [0.717, 1.165) is 17.7 Å². The third kappa shape index (κ3) is 4.07. The smallest absolute Gasteiger partial charge is 0.261 e. The molecule has 1 saturated carbocycles. The summed E-state index contributed by atoms with van der Waals surface area (Å²) in [6.07, 6.45) is 5.96. The van der Waals surface area contributed by atoms with E-state index in [1.807, 2.05) is 23.4 Å². The zero-order chi connectivity index (χ0) is 14.4. The van der Waals surface area contributed by atoms with Gasteiger partial charge in [-0.15, -0.1) is 11.3 Å². The van der Waals surface area contributed by atoms with Crippen molar-refractivity contribution >= 4 is 23.2 Å². The average molecular weight is 294 g/mol. The molecule has 1 heterocycles. The molecule has 4 nitrogen and oxygen atoms in total. The van der Waals surface area contributed by atoms with Crippen LogP contribution in [0.25, 0.3) is 0 Å². The molecular weight excluding hydrogens is 272 g/mol. The summed E-state index contributed by atoms with van der Waals surface area (Å²) in [5.74, 6) is 0.152. The van der Waals surface area contributed by atoms with Crippen LogP contribution in [0.4, 0.5) is 0 Å². The van der Waals surface area contributed by atoms with E-state index in [1.54, 1.807) is 6.07 Å². The predicted octanol–water partition coefficient (Wildman–Crippen LogP) is 2.66. The Morgan fingerprint density at radius 3 is 2.80 bits per heavy atom. The van der Waals surface area contributed by atoms with Crippen molar-refractivity contribution in [3.05, 3.63) is 22.4 Å². The SMILES string of the molecule is CN(C(=O)CCCNC(=O)c1cccs1)C1CCCC1. The summed E-state index contributed by atoms with van der Waals surface area (Å²) in [6.45, 7) is 0.557. The monoisotopic (exact) mass is 294 g/mol. The van der Waals surface area contributed by atoms with Gasteiger partial charge in [-0.2, -0.15) is 0 Å². The van der Waals surface area contributed by atoms with Gasteiger partial charge in [0.2, 0.25) is 5.91 Å². The molecule has 110 valence electrons. The lowest BCUT2D eigenvalue weighted by Crippen LogP contribution is -2.35. The van der Waals surface area contributed by atoms with Crippen molar-refractivity contribution < 1.29 is 9.59 Å². The Morgan fingerprint density at radius 1 is 1.40 bits per heavy atom. The van der Waals surface area contributed by atoms with Gasteiger partial charge < -0.3 is 10.2 Å². The zero-order valence-corrected chi connectivity index (χ0v) is 12.7. The van der Waals surface area contributed by atoms with E-state index in [0.29, 0.717) is 25.4 Å². The number of thiophene rings is 1. The quantitative estimate of drug-likeness (QED) is 0.820. The Labute approximate surface area is 124 Å². The van der Waals surface area contributed by atoms with Crippen LogP contribution in [0.15, 0.2) is 17.5 Å². The minimum Gasteiger partial charge on any atom is -0.351 e. The van der Waals surface area contributed by atoms with Crippen molar-refractivity contribution in [2.45, 2.75) is 44.6 Å². The lowest BCUT2D eigenvalue weighted by molar-refractivity contribution is -0.131. The molecule has 0 aromatic carbocycles. The Kier molecular flexibility index (Phi) is 5.59. The van der Waals surface area contributed by atoms with Crippen LogP contribution in [-0.4, -0.2) is 36.3 Å². The van der Waals surface area contributed by atoms with E-state index < -0.39 is 0 Å². The van der Waals surface area contributed by atoms with Crippen molar-refractivity contribution in [1.82, 2.24) is 10.2 Å². The average Bonchev–Trinajstić information content (AvgIpc) is 3.14. The van der Waals surface area contributed by atoms with Crippen molar-refractivity contribution in [2.24, 2.45) is 0 Å². The molecule has 0 saturated heterocycles. The molecule has 0 aliphatic heterocycles. The highest BCUT2D eigenvalue weighted by Gasteiger charge is 2.22. The van der Waals surface area contributed by atoms with Gasteiger partial charge in [0.15, 0.2) is 0 Å². The largest absolute Gasteiger partial charge is 0.351 e. The van der Waals surface area contributed by atoms with Gasteiger partial charge in [-0.25, -0.2) is 0 Å². The van der Waals surface area contributed by atoms with Crippen molar-refractivity contribution in [2.75, 3.05) is 13.6 Å². The minimum absolute atomic E-state index is 0.0448. The van der Waals surface area contributed by atoms with E-state index in [-0.39, 0.29) is 11.8 Å². The summed E-state index contributed by atoms with van der Waals surface area (Å²) in [7, 11) is 1.91. The summed E-state index contributed by atoms with van der Waals surface area (Å²) in [4.78, 5) is 26.3. The van der Waals surface area contributed by atoms with E-state index in [1.165, 1.54) is 24.2 Å². The number of amides is 2. The fraction of sp³-hybridized carbons (Fsp3) is 0.600. The van der Waals surface area contributed by atoms with Gasteiger partial charge in [-0.05, 0) is 30.7 Å². The Bertz CT molecular complexity index is 439. The third-order valence-corrected chi connectivity index (χ3v) is 4.73. The maximum Gasteiger partial charge on any atom is 0.261 e. The van der Waals surface area contributed by atoms with Crippen molar-refractivity contribution in [3.63, 3.8) is 0 Å². The van der Waals surface area contributed by atoms with Crippen LogP contribution in [-0.2, 0) is 4.79 Å².